The molecule has 1 aliphatic carbocycles. The van der Waals surface area contributed by atoms with Crippen LogP contribution in [0.4, 0.5) is 0 Å². The van der Waals surface area contributed by atoms with Gasteiger partial charge in [0.05, 0.1) is 0 Å². The van der Waals surface area contributed by atoms with Crippen LogP contribution in [0.25, 0.3) is 0 Å². The molecule has 1 N–H and O–H groups in total. The van der Waals surface area contributed by atoms with E-state index in [1.54, 1.807) is 0 Å². The van der Waals surface area contributed by atoms with Gasteiger partial charge in [0.25, 0.3) is 0 Å². The van der Waals surface area contributed by atoms with Crippen LogP contribution < -0.4 is 5.32 Å². The zero-order valence-electron chi connectivity index (χ0n) is 10.6. The molecule has 0 heterocycles. The predicted octanol–water partition coefficient (Wildman–Crippen LogP) is 3.88. The summed E-state index contributed by atoms with van der Waals surface area (Å²) in [6.07, 6.45) is 5.14. The molecule has 0 saturated heterocycles. The van der Waals surface area contributed by atoms with Gasteiger partial charge in [-0.25, -0.2) is 0 Å². The van der Waals surface area contributed by atoms with Crippen LogP contribution in [0.2, 0.25) is 0 Å². The number of nitrogens with one attached hydrogen (secondary N) is 1. The normalized spacial score (nSPS) is 24.8. The van der Waals surface area contributed by atoms with E-state index in [-0.39, 0.29) is 0 Å². The lowest BCUT2D eigenvalue weighted by Crippen LogP contribution is -2.30. The summed E-state index contributed by atoms with van der Waals surface area (Å²) in [7, 11) is 0. The molecule has 2 rings (SSSR count). The van der Waals surface area contributed by atoms with Crippen molar-refractivity contribution in [3.63, 3.8) is 0 Å². The molecular weight excluding hydrogens is 230 g/mol. The first-order valence-electron chi connectivity index (χ1n) is 6.66. The van der Waals surface area contributed by atoms with Gasteiger partial charge in [0, 0.05) is 11.9 Å². The summed E-state index contributed by atoms with van der Waals surface area (Å²) in [5, 5.41) is 3.92. The van der Waals surface area contributed by atoms with E-state index in [9.17, 15) is 0 Å². The van der Waals surface area contributed by atoms with Crippen LogP contribution >= 0.6 is 11.6 Å². The van der Waals surface area contributed by atoms with Gasteiger partial charge in [-0.3, -0.25) is 0 Å². The summed E-state index contributed by atoms with van der Waals surface area (Å²) >= 11 is 6.35. The molecule has 1 saturated carbocycles. The van der Waals surface area contributed by atoms with E-state index >= 15 is 0 Å². The minimum absolute atomic E-state index is 0.384. The van der Waals surface area contributed by atoms with Crippen LogP contribution in [0.1, 0.15) is 36.8 Å². The monoisotopic (exact) mass is 251 g/mol. The van der Waals surface area contributed by atoms with Crippen molar-refractivity contribution >= 4 is 11.6 Å². The Morgan fingerprint density at radius 2 is 1.88 bits per heavy atom. The molecule has 1 aromatic carbocycles. The molecule has 0 bridgehead atoms. The summed E-state index contributed by atoms with van der Waals surface area (Å²) in [4.78, 5) is 0. The van der Waals surface area contributed by atoms with Crippen molar-refractivity contribution in [3.8, 4) is 0 Å². The van der Waals surface area contributed by atoms with Gasteiger partial charge in [0.2, 0.25) is 0 Å². The summed E-state index contributed by atoms with van der Waals surface area (Å²) in [5.41, 5.74) is 2.68. The maximum atomic E-state index is 6.35. The van der Waals surface area contributed by atoms with E-state index in [4.69, 9.17) is 11.6 Å². The second-order valence-corrected chi connectivity index (χ2v) is 5.74. The highest BCUT2D eigenvalue weighted by Gasteiger charge is 2.22. The van der Waals surface area contributed by atoms with Crippen molar-refractivity contribution < 1.29 is 0 Å². The number of alkyl halides is 1. The van der Waals surface area contributed by atoms with Gasteiger partial charge >= 0.3 is 0 Å². The van der Waals surface area contributed by atoms with Gasteiger partial charge < -0.3 is 5.32 Å². The van der Waals surface area contributed by atoms with Gasteiger partial charge in [0.15, 0.2) is 0 Å². The van der Waals surface area contributed by atoms with E-state index in [0.29, 0.717) is 11.3 Å². The Hall–Kier alpha value is -0.530. The lowest BCUT2D eigenvalue weighted by molar-refractivity contribution is 0.348. The van der Waals surface area contributed by atoms with Crippen molar-refractivity contribution in [2.75, 3.05) is 6.54 Å². The maximum absolute atomic E-state index is 6.35. The van der Waals surface area contributed by atoms with Crippen molar-refractivity contribution in [2.45, 2.75) is 44.5 Å². The molecule has 0 spiro atoms. The summed E-state index contributed by atoms with van der Waals surface area (Å²) in [5.74, 6) is 0.663. The largest absolute Gasteiger partial charge is 0.312 e. The summed E-state index contributed by atoms with van der Waals surface area (Å²) in [6, 6.07) is 8.73. The third kappa shape index (κ3) is 4.01. The van der Waals surface area contributed by atoms with Gasteiger partial charge in [-0.1, -0.05) is 42.7 Å². The minimum Gasteiger partial charge on any atom is -0.312 e. The number of hydrogen-bond acceptors (Lipinski definition) is 1. The van der Waals surface area contributed by atoms with E-state index < -0.39 is 0 Å². The van der Waals surface area contributed by atoms with Crippen molar-refractivity contribution in [1.29, 1.82) is 0 Å². The topological polar surface area (TPSA) is 12.0 Å². The molecule has 1 fully saturated rings. The second kappa shape index (κ2) is 6.42. The molecular formula is C15H22ClN. The molecule has 0 aliphatic heterocycles. The second-order valence-electron chi connectivity index (χ2n) is 5.18. The fraction of sp³-hybridized carbons (Fsp3) is 0.600. The highest BCUT2D eigenvalue weighted by Crippen LogP contribution is 2.27. The highest BCUT2D eigenvalue weighted by molar-refractivity contribution is 6.20. The van der Waals surface area contributed by atoms with E-state index in [1.165, 1.54) is 36.8 Å². The van der Waals surface area contributed by atoms with Crippen LogP contribution in [0.5, 0.6) is 0 Å². The average Bonchev–Trinajstić information content (AvgIpc) is 2.34. The number of hydrogen-bond donors (Lipinski definition) is 1. The molecule has 1 nitrogen and oxygen atoms in total. The lowest BCUT2D eigenvalue weighted by Gasteiger charge is -2.27. The molecule has 0 aromatic heterocycles. The Morgan fingerprint density at radius 3 is 2.59 bits per heavy atom. The lowest BCUT2D eigenvalue weighted by atomic mass is 9.89. The zero-order valence-corrected chi connectivity index (χ0v) is 11.3. The average molecular weight is 252 g/mol. The van der Waals surface area contributed by atoms with E-state index in [0.717, 1.165) is 13.1 Å². The maximum Gasteiger partial charge on any atom is 0.0376 e. The number of aryl methyl sites for hydroxylation is 1. The smallest absolute Gasteiger partial charge is 0.0376 e. The molecule has 1 aliphatic rings. The molecule has 2 atom stereocenters. The molecule has 2 unspecified atom stereocenters. The Kier molecular flexibility index (Phi) is 4.87. The summed E-state index contributed by atoms with van der Waals surface area (Å²) < 4.78 is 0. The minimum atomic E-state index is 0.384. The Bertz CT molecular complexity index is 333. The van der Waals surface area contributed by atoms with E-state index in [1.807, 2.05) is 0 Å². The Labute approximate surface area is 110 Å². The third-order valence-electron chi connectivity index (χ3n) is 3.67. The number of rotatable bonds is 4. The Balaban J connectivity index is 1.73. The fourth-order valence-corrected chi connectivity index (χ4v) is 2.87. The molecule has 94 valence electrons. The standard InChI is InChI=1S/C15H22ClN/c1-12-6-8-13(9-7-12)10-17-11-14-4-2-3-5-15(14)16/h6-9,14-15,17H,2-5,10-11H2,1H3. The molecule has 2 heteroatoms. The quantitative estimate of drug-likeness (QED) is 0.801. The van der Waals surface area contributed by atoms with Crippen LogP contribution in [0.15, 0.2) is 24.3 Å². The molecule has 1 aromatic rings. The summed E-state index contributed by atoms with van der Waals surface area (Å²) in [6.45, 7) is 4.14. The fourth-order valence-electron chi connectivity index (χ4n) is 2.50. The van der Waals surface area contributed by atoms with Gasteiger partial charge in [-0.05, 0) is 37.8 Å². The van der Waals surface area contributed by atoms with Crippen molar-refractivity contribution in [2.24, 2.45) is 5.92 Å². The molecule has 0 radical (unpaired) electrons. The zero-order chi connectivity index (χ0) is 12.1. The number of halogens is 1. The van der Waals surface area contributed by atoms with E-state index in [2.05, 4.69) is 36.5 Å². The van der Waals surface area contributed by atoms with Gasteiger partial charge in [-0.15, -0.1) is 11.6 Å². The molecule has 17 heavy (non-hydrogen) atoms. The van der Waals surface area contributed by atoms with Crippen LogP contribution in [0, 0.1) is 12.8 Å². The Morgan fingerprint density at radius 1 is 1.18 bits per heavy atom. The van der Waals surface area contributed by atoms with Crippen molar-refractivity contribution in [1.82, 2.24) is 5.32 Å². The predicted molar refractivity (Wildman–Crippen MR) is 74.5 cm³/mol. The SMILES string of the molecule is Cc1ccc(CNCC2CCCCC2Cl)cc1. The van der Waals surface area contributed by atoms with Crippen LogP contribution in [-0.4, -0.2) is 11.9 Å². The molecule has 0 amide bonds. The van der Waals surface area contributed by atoms with Crippen LogP contribution in [-0.2, 0) is 6.54 Å². The van der Waals surface area contributed by atoms with Gasteiger partial charge in [-0.2, -0.15) is 0 Å². The van der Waals surface area contributed by atoms with Crippen molar-refractivity contribution in [3.05, 3.63) is 35.4 Å². The third-order valence-corrected chi connectivity index (χ3v) is 4.25. The first-order chi connectivity index (χ1) is 8.25. The highest BCUT2D eigenvalue weighted by atomic mass is 35.5. The first-order valence-corrected chi connectivity index (χ1v) is 7.09. The number of benzene rings is 1. The van der Waals surface area contributed by atoms with Gasteiger partial charge in [0.1, 0.15) is 0 Å². The van der Waals surface area contributed by atoms with Crippen LogP contribution in [0.3, 0.4) is 0 Å². The first kappa shape index (κ1) is 12.9.